The fourth-order valence-corrected chi connectivity index (χ4v) is 4.12. The highest BCUT2D eigenvalue weighted by atomic mass is 32.1. The summed E-state index contributed by atoms with van der Waals surface area (Å²) in [6.45, 7) is 6.82. The summed E-state index contributed by atoms with van der Waals surface area (Å²) in [6, 6.07) is 4.98. The van der Waals surface area contributed by atoms with Gasteiger partial charge in [0, 0.05) is 28.9 Å². The fraction of sp³-hybridized carbons (Fsp3) is 0.733. The summed E-state index contributed by atoms with van der Waals surface area (Å²) < 4.78 is 0. The minimum atomic E-state index is 0.200. The Kier molecular flexibility index (Phi) is 5.39. The number of rotatable bonds is 6. The third-order valence-electron chi connectivity index (χ3n) is 4.18. The number of aliphatic hydroxyl groups is 1. The van der Waals surface area contributed by atoms with Crippen LogP contribution in [-0.2, 0) is 0 Å². The molecule has 0 saturated carbocycles. The van der Waals surface area contributed by atoms with Crippen LogP contribution in [0.15, 0.2) is 12.1 Å². The first kappa shape index (κ1) is 15.0. The third-order valence-corrected chi connectivity index (χ3v) is 5.25. The first-order valence-electron chi connectivity index (χ1n) is 7.32. The van der Waals surface area contributed by atoms with E-state index in [1.165, 1.54) is 16.2 Å². The lowest BCUT2D eigenvalue weighted by Crippen LogP contribution is -2.39. The van der Waals surface area contributed by atoms with E-state index in [2.05, 4.69) is 30.9 Å². The lowest BCUT2D eigenvalue weighted by atomic mass is 10.0. The Bertz CT molecular complexity index is 393. The number of aryl methyl sites for hydroxylation is 1. The first-order valence-corrected chi connectivity index (χ1v) is 8.14. The van der Waals surface area contributed by atoms with Gasteiger partial charge >= 0.3 is 0 Å². The summed E-state index contributed by atoms with van der Waals surface area (Å²) in [7, 11) is 0. The molecule has 3 N–H and O–H groups in total. The van der Waals surface area contributed by atoms with Crippen LogP contribution in [-0.4, -0.2) is 35.7 Å². The van der Waals surface area contributed by atoms with Gasteiger partial charge in [0.05, 0.1) is 6.04 Å². The van der Waals surface area contributed by atoms with Crippen molar-refractivity contribution in [2.45, 2.75) is 45.2 Å². The Labute approximate surface area is 120 Å². The van der Waals surface area contributed by atoms with Crippen molar-refractivity contribution < 1.29 is 5.11 Å². The molecule has 1 aromatic rings. The molecule has 3 nitrogen and oxygen atoms in total. The molecule has 1 aromatic heterocycles. The summed E-state index contributed by atoms with van der Waals surface area (Å²) >= 11 is 1.87. The molecule has 0 bridgehead atoms. The molecule has 1 aliphatic rings. The summed E-state index contributed by atoms with van der Waals surface area (Å²) in [5.41, 5.74) is 6.37. The van der Waals surface area contributed by atoms with Crippen LogP contribution in [0.4, 0.5) is 0 Å². The van der Waals surface area contributed by atoms with E-state index in [1.54, 1.807) is 0 Å². The van der Waals surface area contributed by atoms with Crippen LogP contribution in [0.2, 0.25) is 0 Å². The molecule has 4 heteroatoms. The number of likely N-dealkylation sites (tertiary alicyclic amines) is 1. The number of thiophene rings is 1. The van der Waals surface area contributed by atoms with E-state index in [0.29, 0.717) is 18.6 Å². The Morgan fingerprint density at radius 2 is 2.32 bits per heavy atom. The number of aliphatic hydroxyl groups excluding tert-OH is 1. The molecular weight excluding hydrogens is 256 g/mol. The molecule has 1 fully saturated rings. The molecule has 0 amide bonds. The van der Waals surface area contributed by atoms with E-state index in [0.717, 1.165) is 25.9 Å². The lowest BCUT2D eigenvalue weighted by molar-refractivity contribution is 0.196. The summed E-state index contributed by atoms with van der Waals surface area (Å²) in [4.78, 5) is 5.28. The molecule has 3 unspecified atom stereocenters. The molecule has 108 valence electrons. The van der Waals surface area contributed by atoms with Crippen LogP contribution in [0.25, 0.3) is 0 Å². The topological polar surface area (TPSA) is 49.5 Å². The Hall–Kier alpha value is -0.420. The molecule has 0 radical (unpaired) electrons. The minimum Gasteiger partial charge on any atom is -0.396 e. The maximum atomic E-state index is 9.09. The molecule has 19 heavy (non-hydrogen) atoms. The predicted octanol–water partition coefficient (Wildman–Crippen LogP) is 2.54. The van der Waals surface area contributed by atoms with Gasteiger partial charge in [0.25, 0.3) is 0 Å². The molecule has 0 spiro atoms. The van der Waals surface area contributed by atoms with Crippen molar-refractivity contribution in [1.82, 2.24) is 4.90 Å². The monoisotopic (exact) mass is 282 g/mol. The van der Waals surface area contributed by atoms with E-state index in [1.807, 2.05) is 11.3 Å². The van der Waals surface area contributed by atoms with Crippen LogP contribution in [0.1, 0.15) is 42.0 Å². The second-order valence-corrected chi connectivity index (χ2v) is 6.95. The zero-order chi connectivity index (χ0) is 13.8. The number of nitrogens with two attached hydrogens (primary N) is 1. The van der Waals surface area contributed by atoms with E-state index >= 15 is 0 Å². The molecule has 0 aromatic carbocycles. The van der Waals surface area contributed by atoms with Crippen LogP contribution in [0.3, 0.4) is 0 Å². The summed E-state index contributed by atoms with van der Waals surface area (Å²) in [5.74, 6) is 0.637. The van der Waals surface area contributed by atoms with E-state index in [9.17, 15) is 0 Å². The van der Waals surface area contributed by atoms with Gasteiger partial charge in [-0.05, 0) is 50.8 Å². The van der Waals surface area contributed by atoms with E-state index in [-0.39, 0.29) is 6.04 Å². The average molecular weight is 282 g/mol. The Morgan fingerprint density at radius 1 is 1.53 bits per heavy atom. The van der Waals surface area contributed by atoms with Crippen molar-refractivity contribution in [3.8, 4) is 0 Å². The summed E-state index contributed by atoms with van der Waals surface area (Å²) in [5, 5.41) is 9.09. The second-order valence-electron chi connectivity index (χ2n) is 5.63. The maximum absolute atomic E-state index is 9.09. The number of hydrogen-bond donors (Lipinski definition) is 2. The molecular formula is C15H26N2OS. The second kappa shape index (κ2) is 6.84. The molecule has 1 aliphatic heterocycles. The first-order chi connectivity index (χ1) is 9.15. The lowest BCUT2D eigenvalue weighted by Gasteiger charge is -2.31. The van der Waals surface area contributed by atoms with Crippen molar-refractivity contribution in [2.75, 3.05) is 19.7 Å². The zero-order valence-corrected chi connectivity index (χ0v) is 12.8. The van der Waals surface area contributed by atoms with Gasteiger partial charge in [-0.1, -0.05) is 6.92 Å². The smallest absolute Gasteiger partial charge is 0.0593 e. The largest absolute Gasteiger partial charge is 0.396 e. The van der Waals surface area contributed by atoms with Gasteiger partial charge in [0.2, 0.25) is 0 Å². The van der Waals surface area contributed by atoms with Crippen molar-refractivity contribution >= 4 is 11.3 Å². The van der Waals surface area contributed by atoms with Crippen LogP contribution in [0, 0.1) is 12.8 Å². The van der Waals surface area contributed by atoms with Gasteiger partial charge in [-0.3, -0.25) is 4.90 Å². The van der Waals surface area contributed by atoms with Crippen molar-refractivity contribution in [1.29, 1.82) is 0 Å². The zero-order valence-electron chi connectivity index (χ0n) is 12.0. The Balaban J connectivity index is 2.11. The van der Waals surface area contributed by atoms with Crippen molar-refractivity contribution in [3.05, 3.63) is 21.9 Å². The van der Waals surface area contributed by atoms with Gasteiger partial charge in [0.1, 0.15) is 0 Å². The van der Waals surface area contributed by atoms with E-state index < -0.39 is 0 Å². The fourth-order valence-electron chi connectivity index (χ4n) is 3.03. The molecule has 0 aliphatic carbocycles. The maximum Gasteiger partial charge on any atom is 0.0593 e. The quantitative estimate of drug-likeness (QED) is 0.843. The van der Waals surface area contributed by atoms with Crippen molar-refractivity contribution in [3.63, 3.8) is 0 Å². The van der Waals surface area contributed by atoms with Gasteiger partial charge in [-0.25, -0.2) is 0 Å². The number of nitrogens with zero attached hydrogens (tertiary/aromatic N) is 1. The molecule has 1 saturated heterocycles. The van der Waals surface area contributed by atoms with Gasteiger partial charge < -0.3 is 10.8 Å². The molecule has 2 heterocycles. The van der Waals surface area contributed by atoms with Crippen molar-refractivity contribution in [2.24, 2.45) is 11.7 Å². The van der Waals surface area contributed by atoms with Crippen LogP contribution in [0.5, 0.6) is 0 Å². The SMILES string of the molecule is CCC(N)C(c1ccc(C)s1)N1CCC(CCO)C1. The molecule has 3 atom stereocenters. The average Bonchev–Trinajstić information content (AvgIpc) is 3.00. The van der Waals surface area contributed by atoms with Crippen LogP contribution < -0.4 is 5.73 Å². The van der Waals surface area contributed by atoms with Gasteiger partial charge in [-0.15, -0.1) is 11.3 Å². The standard InChI is InChI=1S/C15H26N2OS/c1-3-13(16)15(14-5-4-11(2)19-14)17-8-6-12(10-17)7-9-18/h4-5,12-13,15,18H,3,6-10,16H2,1-2H3. The highest BCUT2D eigenvalue weighted by Crippen LogP contribution is 2.34. The highest BCUT2D eigenvalue weighted by Gasteiger charge is 2.32. The number of hydrogen-bond acceptors (Lipinski definition) is 4. The minimum absolute atomic E-state index is 0.200. The highest BCUT2D eigenvalue weighted by molar-refractivity contribution is 7.12. The van der Waals surface area contributed by atoms with E-state index in [4.69, 9.17) is 10.8 Å². The van der Waals surface area contributed by atoms with Crippen LogP contribution >= 0.6 is 11.3 Å². The van der Waals surface area contributed by atoms with Gasteiger partial charge in [-0.2, -0.15) is 0 Å². The summed E-state index contributed by atoms with van der Waals surface area (Å²) in [6.07, 6.45) is 3.12. The Morgan fingerprint density at radius 3 is 2.89 bits per heavy atom. The molecule has 2 rings (SSSR count). The third kappa shape index (κ3) is 3.57. The predicted molar refractivity (Wildman–Crippen MR) is 81.4 cm³/mol. The normalized spacial score (nSPS) is 23.7. The van der Waals surface area contributed by atoms with Gasteiger partial charge in [0.15, 0.2) is 0 Å².